The van der Waals surface area contributed by atoms with Gasteiger partial charge in [0.05, 0.1) is 11.4 Å². The summed E-state index contributed by atoms with van der Waals surface area (Å²) in [6.07, 6.45) is 2.75. The Morgan fingerprint density at radius 3 is 2.90 bits per heavy atom. The molecule has 0 bridgehead atoms. The molecular weight excluding hydrogens is 250 g/mol. The number of para-hydroxylation sites is 1. The van der Waals surface area contributed by atoms with Crippen molar-refractivity contribution in [3.63, 3.8) is 0 Å². The molecule has 0 unspecified atom stereocenters. The number of aromatic nitrogens is 2. The van der Waals surface area contributed by atoms with Crippen LogP contribution in [0.1, 0.15) is 11.5 Å². The van der Waals surface area contributed by atoms with E-state index in [4.69, 9.17) is 9.40 Å². The minimum absolute atomic E-state index is 0.917. The predicted octanol–water partition coefficient (Wildman–Crippen LogP) is 2.90. The Morgan fingerprint density at radius 2 is 2.10 bits per heavy atom. The number of furan rings is 1. The normalized spacial score (nSPS) is 11.3. The second-order valence-corrected chi connectivity index (χ2v) is 5.02. The topological polar surface area (TPSA) is 43.0 Å². The highest BCUT2D eigenvalue weighted by molar-refractivity contribution is 5.93. The van der Waals surface area contributed by atoms with Gasteiger partial charge in [0.1, 0.15) is 17.7 Å². The molecule has 0 saturated heterocycles. The zero-order valence-electron chi connectivity index (χ0n) is 12.1. The average molecular weight is 269 g/mol. The highest BCUT2D eigenvalue weighted by Gasteiger charge is 2.17. The number of hydrogen-bond acceptors (Lipinski definition) is 3. The first kappa shape index (κ1) is 12.9. The summed E-state index contributed by atoms with van der Waals surface area (Å²) in [6, 6.07) is 8.11. The third kappa shape index (κ3) is 2.02. The van der Waals surface area contributed by atoms with Gasteiger partial charge in [-0.25, -0.2) is 4.98 Å². The fourth-order valence-corrected chi connectivity index (χ4v) is 2.69. The van der Waals surface area contributed by atoms with E-state index in [1.807, 2.05) is 31.5 Å². The van der Waals surface area contributed by atoms with Gasteiger partial charge >= 0.3 is 0 Å². The first-order chi connectivity index (χ1) is 9.72. The molecule has 0 aliphatic heterocycles. The third-order valence-corrected chi connectivity index (χ3v) is 3.70. The van der Waals surface area contributed by atoms with Crippen LogP contribution in [0, 0.1) is 6.92 Å². The lowest BCUT2D eigenvalue weighted by Gasteiger charge is -2.05. The van der Waals surface area contributed by atoms with Gasteiger partial charge in [-0.15, -0.1) is 0 Å². The Bertz CT molecular complexity index is 739. The smallest absolute Gasteiger partial charge is 0.134 e. The molecule has 0 saturated carbocycles. The number of imidazole rings is 1. The first-order valence-corrected chi connectivity index (χ1v) is 6.85. The van der Waals surface area contributed by atoms with E-state index in [9.17, 15) is 0 Å². The fourth-order valence-electron chi connectivity index (χ4n) is 2.69. The number of fused-ring (bicyclic) bond motifs is 1. The molecule has 4 nitrogen and oxygen atoms in total. The van der Waals surface area contributed by atoms with Gasteiger partial charge in [0.15, 0.2) is 0 Å². The maximum atomic E-state index is 5.65. The van der Waals surface area contributed by atoms with E-state index in [2.05, 4.69) is 29.9 Å². The highest BCUT2D eigenvalue weighted by Crippen LogP contribution is 2.32. The van der Waals surface area contributed by atoms with Crippen molar-refractivity contribution in [2.45, 2.75) is 13.3 Å². The van der Waals surface area contributed by atoms with Crippen molar-refractivity contribution in [2.24, 2.45) is 7.05 Å². The van der Waals surface area contributed by atoms with E-state index >= 15 is 0 Å². The van der Waals surface area contributed by atoms with E-state index in [1.54, 1.807) is 0 Å². The maximum absolute atomic E-state index is 5.65. The van der Waals surface area contributed by atoms with E-state index in [0.29, 0.717) is 0 Å². The Hall–Kier alpha value is -2.07. The second kappa shape index (κ2) is 5.13. The van der Waals surface area contributed by atoms with Gasteiger partial charge in [-0.2, -0.15) is 0 Å². The lowest BCUT2D eigenvalue weighted by Crippen LogP contribution is -2.13. The van der Waals surface area contributed by atoms with Gasteiger partial charge in [0, 0.05) is 31.0 Å². The average Bonchev–Trinajstić information content (AvgIpc) is 2.98. The van der Waals surface area contributed by atoms with E-state index in [1.165, 1.54) is 0 Å². The molecule has 0 spiro atoms. The standard InChI is InChI=1S/C16H19N3O/c1-11-16(19(3)15(18-11)8-9-17-2)13-10-20-14-7-5-4-6-12(13)14/h4-7,10,17H,8-9H2,1-3H3. The zero-order valence-corrected chi connectivity index (χ0v) is 12.1. The molecule has 0 atom stereocenters. The molecule has 0 fully saturated rings. The highest BCUT2D eigenvalue weighted by atomic mass is 16.3. The zero-order chi connectivity index (χ0) is 14.1. The molecule has 4 heteroatoms. The van der Waals surface area contributed by atoms with Crippen LogP contribution in [0.4, 0.5) is 0 Å². The molecule has 20 heavy (non-hydrogen) atoms. The monoisotopic (exact) mass is 269 g/mol. The summed E-state index contributed by atoms with van der Waals surface area (Å²) in [7, 11) is 4.03. The van der Waals surface area contributed by atoms with Crippen LogP contribution in [-0.2, 0) is 13.5 Å². The second-order valence-electron chi connectivity index (χ2n) is 5.02. The Morgan fingerprint density at radius 1 is 1.30 bits per heavy atom. The number of nitrogens with one attached hydrogen (secondary N) is 1. The summed E-state index contributed by atoms with van der Waals surface area (Å²) < 4.78 is 7.82. The van der Waals surface area contributed by atoms with Crippen LogP contribution in [0.15, 0.2) is 34.9 Å². The van der Waals surface area contributed by atoms with E-state index in [0.717, 1.165) is 46.7 Å². The summed E-state index contributed by atoms with van der Waals surface area (Å²) in [5, 5.41) is 4.30. The molecule has 1 aromatic carbocycles. The van der Waals surface area contributed by atoms with Crippen molar-refractivity contribution in [3.05, 3.63) is 42.0 Å². The molecule has 3 aromatic rings. The van der Waals surface area contributed by atoms with Gasteiger partial charge < -0.3 is 14.3 Å². The molecule has 2 heterocycles. The summed E-state index contributed by atoms with van der Waals surface area (Å²) in [5.41, 5.74) is 4.22. The number of likely N-dealkylation sites (N-methyl/N-ethyl adjacent to an activating group) is 1. The Labute approximate surface area is 118 Å². The van der Waals surface area contributed by atoms with Gasteiger partial charge in [-0.3, -0.25) is 0 Å². The van der Waals surface area contributed by atoms with Crippen LogP contribution in [-0.4, -0.2) is 23.1 Å². The van der Waals surface area contributed by atoms with Crippen LogP contribution in [0.25, 0.3) is 22.2 Å². The summed E-state index contributed by atoms with van der Waals surface area (Å²) >= 11 is 0. The largest absolute Gasteiger partial charge is 0.464 e. The van der Waals surface area contributed by atoms with Crippen LogP contribution >= 0.6 is 0 Å². The molecule has 2 aromatic heterocycles. The lowest BCUT2D eigenvalue weighted by atomic mass is 10.1. The van der Waals surface area contributed by atoms with Gasteiger partial charge in [-0.05, 0) is 20.0 Å². The first-order valence-electron chi connectivity index (χ1n) is 6.85. The van der Waals surface area contributed by atoms with Crippen LogP contribution in [0.2, 0.25) is 0 Å². The SMILES string of the molecule is CNCCc1nc(C)c(-c2coc3ccccc23)n1C. The predicted molar refractivity (Wildman–Crippen MR) is 80.8 cm³/mol. The van der Waals surface area contributed by atoms with E-state index in [-0.39, 0.29) is 0 Å². The molecular formula is C16H19N3O. The number of benzene rings is 1. The van der Waals surface area contributed by atoms with Crippen LogP contribution < -0.4 is 5.32 Å². The molecule has 0 amide bonds. The molecule has 0 radical (unpaired) electrons. The lowest BCUT2D eigenvalue weighted by molar-refractivity contribution is 0.616. The Kier molecular flexibility index (Phi) is 3.32. The van der Waals surface area contributed by atoms with Crippen molar-refractivity contribution in [1.82, 2.24) is 14.9 Å². The summed E-state index contributed by atoms with van der Waals surface area (Å²) in [5.74, 6) is 1.09. The minimum Gasteiger partial charge on any atom is -0.464 e. The van der Waals surface area contributed by atoms with Gasteiger partial charge in [0.25, 0.3) is 0 Å². The van der Waals surface area contributed by atoms with Crippen molar-refractivity contribution in [3.8, 4) is 11.3 Å². The molecule has 0 aliphatic carbocycles. The molecule has 0 aliphatic rings. The molecule has 3 rings (SSSR count). The molecule has 104 valence electrons. The van der Waals surface area contributed by atoms with Crippen LogP contribution in [0.5, 0.6) is 0 Å². The van der Waals surface area contributed by atoms with Gasteiger partial charge in [-0.1, -0.05) is 18.2 Å². The van der Waals surface area contributed by atoms with Crippen molar-refractivity contribution in [2.75, 3.05) is 13.6 Å². The number of nitrogens with zero attached hydrogens (tertiary/aromatic N) is 2. The quantitative estimate of drug-likeness (QED) is 0.792. The Balaban J connectivity index is 2.12. The van der Waals surface area contributed by atoms with Crippen molar-refractivity contribution >= 4 is 11.0 Å². The van der Waals surface area contributed by atoms with E-state index < -0.39 is 0 Å². The number of aryl methyl sites for hydroxylation is 1. The van der Waals surface area contributed by atoms with Gasteiger partial charge in [0.2, 0.25) is 0 Å². The minimum atomic E-state index is 0.917. The summed E-state index contributed by atoms with van der Waals surface area (Å²) in [4.78, 5) is 4.69. The fraction of sp³-hybridized carbons (Fsp3) is 0.312. The summed E-state index contributed by atoms with van der Waals surface area (Å²) in [6.45, 7) is 2.98. The maximum Gasteiger partial charge on any atom is 0.134 e. The van der Waals surface area contributed by atoms with Crippen molar-refractivity contribution < 1.29 is 4.42 Å². The molecule has 1 N–H and O–H groups in total. The van der Waals surface area contributed by atoms with Crippen molar-refractivity contribution in [1.29, 1.82) is 0 Å². The number of rotatable bonds is 4. The number of hydrogen-bond donors (Lipinski definition) is 1. The van der Waals surface area contributed by atoms with Crippen LogP contribution in [0.3, 0.4) is 0 Å². The third-order valence-electron chi connectivity index (χ3n) is 3.70.